The van der Waals surface area contributed by atoms with E-state index in [4.69, 9.17) is 5.11 Å². The first-order valence-corrected chi connectivity index (χ1v) is 6.96. The average molecular weight is 262 g/mol. The number of aliphatic hydroxyl groups is 1. The van der Waals surface area contributed by atoms with E-state index in [1.54, 1.807) is 0 Å². The van der Waals surface area contributed by atoms with Crippen molar-refractivity contribution in [3.63, 3.8) is 0 Å². The van der Waals surface area contributed by atoms with Gasteiger partial charge in [-0.1, -0.05) is 19.1 Å². The molecule has 1 aliphatic heterocycles. The second-order valence-corrected chi connectivity index (χ2v) is 5.13. The van der Waals surface area contributed by atoms with Crippen LogP contribution in [0.1, 0.15) is 24.5 Å². The van der Waals surface area contributed by atoms with Crippen LogP contribution in [0.25, 0.3) is 0 Å². The molecule has 0 aliphatic carbocycles. The molecule has 0 aromatic heterocycles. The Morgan fingerprint density at radius 1 is 1.47 bits per heavy atom. The average Bonchev–Trinajstić information content (AvgIpc) is 2.78. The third-order valence-corrected chi connectivity index (χ3v) is 3.65. The normalized spacial score (nSPS) is 15.2. The van der Waals surface area contributed by atoms with E-state index >= 15 is 0 Å². The van der Waals surface area contributed by atoms with Gasteiger partial charge in [-0.15, -0.1) is 0 Å². The Kier molecular flexibility index (Phi) is 4.93. The van der Waals surface area contributed by atoms with Gasteiger partial charge in [-0.25, -0.2) is 0 Å². The highest BCUT2D eigenvalue weighted by molar-refractivity contribution is 5.99. The Balaban J connectivity index is 1.78. The van der Waals surface area contributed by atoms with Gasteiger partial charge in [0.1, 0.15) is 0 Å². The van der Waals surface area contributed by atoms with Crippen molar-refractivity contribution in [2.75, 3.05) is 25.0 Å². The van der Waals surface area contributed by atoms with Crippen LogP contribution in [-0.4, -0.2) is 30.7 Å². The number of aliphatic hydroxyl groups excluding tert-OH is 1. The fourth-order valence-electron chi connectivity index (χ4n) is 2.32. The highest BCUT2D eigenvalue weighted by Gasteiger charge is 2.17. The minimum Gasteiger partial charge on any atom is -0.396 e. The van der Waals surface area contributed by atoms with E-state index < -0.39 is 0 Å². The zero-order chi connectivity index (χ0) is 13.7. The van der Waals surface area contributed by atoms with Gasteiger partial charge < -0.3 is 15.7 Å². The molecule has 0 spiro atoms. The number of benzene rings is 1. The van der Waals surface area contributed by atoms with Crippen LogP contribution in [0.2, 0.25) is 0 Å². The zero-order valence-corrected chi connectivity index (χ0v) is 11.4. The molecule has 1 amide bonds. The number of amides is 1. The van der Waals surface area contributed by atoms with Crippen molar-refractivity contribution in [2.45, 2.75) is 26.2 Å². The van der Waals surface area contributed by atoms with Crippen molar-refractivity contribution in [2.24, 2.45) is 5.92 Å². The van der Waals surface area contributed by atoms with Crippen molar-refractivity contribution in [3.8, 4) is 0 Å². The van der Waals surface area contributed by atoms with Gasteiger partial charge in [0.15, 0.2) is 0 Å². The van der Waals surface area contributed by atoms with Crippen LogP contribution >= 0.6 is 0 Å². The lowest BCUT2D eigenvalue weighted by molar-refractivity contribution is -0.115. The topological polar surface area (TPSA) is 61.4 Å². The summed E-state index contributed by atoms with van der Waals surface area (Å²) in [6.07, 6.45) is 2.44. The maximum Gasteiger partial charge on any atom is 0.228 e. The molecule has 4 nitrogen and oxygen atoms in total. The molecule has 2 rings (SSSR count). The smallest absolute Gasteiger partial charge is 0.228 e. The third kappa shape index (κ3) is 3.78. The van der Waals surface area contributed by atoms with E-state index in [-0.39, 0.29) is 12.5 Å². The molecule has 19 heavy (non-hydrogen) atoms. The van der Waals surface area contributed by atoms with Crippen LogP contribution in [0.4, 0.5) is 5.69 Å². The first-order valence-electron chi connectivity index (χ1n) is 6.96. The second-order valence-electron chi connectivity index (χ2n) is 5.13. The predicted octanol–water partition coefficient (Wildman–Crippen LogP) is 1.33. The van der Waals surface area contributed by atoms with Gasteiger partial charge in [-0.3, -0.25) is 4.79 Å². The van der Waals surface area contributed by atoms with Crippen LogP contribution < -0.4 is 10.6 Å². The summed E-state index contributed by atoms with van der Waals surface area (Å²) in [7, 11) is 0. The maximum absolute atomic E-state index is 11.3. The molecule has 3 N–H and O–H groups in total. The van der Waals surface area contributed by atoms with Crippen molar-refractivity contribution in [3.05, 3.63) is 29.3 Å². The van der Waals surface area contributed by atoms with Crippen LogP contribution in [0.3, 0.4) is 0 Å². The standard InChI is InChI=1S/C15H22N2O2/c1-2-11(10-18)9-16-6-5-12-3-4-14-13(7-12)8-15(19)17-14/h3-4,7,11,16,18H,2,5-6,8-10H2,1H3,(H,17,19). The summed E-state index contributed by atoms with van der Waals surface area (Å²) in [5, 5.41) is 15.3. The lowest BCUT2D eigenvalue weighted by atomic mass is 10.1. The molecule has 0 bridgehead atoms. The largest absolute Gasteiger partial charge is 0.396 e. The van der Waals surface area contributed by atoms with E-state index in [0.29, 0.717) is 12.3 Å². The van der Waals surface area contributed by atoms with Crippen LogP contribution in [0.5, 0.6) is 0 Å². The fourth-order valence-corrected chi connectivity index (χ4v) is 2.32. The summed E-state index contributed by atoms with van der Waals surface area (Å²) in [4.78, 5) is 11.3. The minimum absolute atomic E-state index is 0.0824. The van der Waals surface area contributed by atoms with Gasteiger partial charge in [-0.2, -0.15) is 0 Å². The van der Waals surface area contributed by atoms with Crippen molar-refractivity contribution < 1.29 is 9.90 Å². The summed E-state index contributed by atoms with van der Waals surface area (Å²) >= 11 is 0. The van der Waals surface area contributed by atoms with Gasteiger partial charge in [0.05, 0.1) is 6.42 Å². The number of anilines is 1. The second kappa shape index (κ2) is 6.68. The van der Waals surface area contributed by atoms with E-state index in [0.717, 1.165) is 37.2 Å². The molecular formula is C15H22N2O2. The van der Waals surface area contributed by atoms with Crippen LogP contribution in [0.15, 0.2) is 18.2 Å². The highest BCUT2D eigenvalue weighted by Crippen LogP contribution is 2.23. The zero-order valence-electron chi connectivity index (χ0n) is 11.4. The Morgan fingerprint density at radius 2 is 2.32 bits per heavy atom. The number of fused-ring (bicyclic) bond motifs is 1. The monoisotopic (exact) mass is 262 g/mol. The number of hydrogen-bond acceptors (Lipinski definition) is 3. The first-order chi connectivity index (χ1) is 9.22. The van der Waals surface area contributed by atoms with Crippen LogP contribution in [-0.2, 0) is 17.6 Å². The molecular weight excluding hydrogens is 240 g/mol. The van der Waals surface area contributed by atoms with Crippen LogP contribution in [0, 0.1) is 5.92 Å². The SMILES string of the molecule is CCC(CO)CNCCc1ccc2c(c1)CC(=O)N2. The molecule has 4 heteroatoms. The van der Waals surface area contributed by atoms with Crippen molar-refractivity contribution in [1.82, 2.24) is 5.32 Å². The summed E-state index contributed by atoms with van der Waals surface area (Å²) in [5.41, 5.74) is 3.30. The van der Waals surface area contributed by atoms with Crippen molar-refractivity contribution in [1.29, 1.82) is 0 Å². The first kappa shape index (κ1) is 14.0. The maximum atomic E-state index is 11.3. The Morgan fingerprint density at radius 3 is 3.05 bits per heavy atom. The summed E-state index contributed by atoms with van der Waals surface area (Å²) in [5.74, 6) is 0.431. The molecule has 0 saturated carbocycles. The lowest BCUT2D eigenvalue weighted by Crippen LogP contribution is -2.26. The molecule has 1 heterocycles. The quantitative estimate of drug-likeness (QED) is 0.650. The van der Waals surface area contributed by atoms with Gasteiger partial charge in [0.25, 0.3) is 0 Å². The molecule has 1 unspecified atom stereocenters. The number of hydrogen-bond donors (Lipinski definition) is 3. The number of carbonyl (C=O) groups excluding carboxylic acids is 1. The van der Waals surface area contributed by atoms with Gasteiger partial charge in [0.2, 0.25) is 5.91 Å². The Hall–Kier alpha value is -1.39. The molecule has 0 radical (unpaired) electrons. The molecule has 0 saturated heterocycles. The van der Waals surface area contributed by atoms with Crippen molar-refractivity contribution >= 4 is 11.6 Å². The summed E-state index contributed by atoms with van der Waals surface area (Å²) < 4.78 is 0. The van der Waals surface area contributed by atoms with E-state index in [1.807, 2.05) is 6.07 Å². The summed E-state index contributed by atoms with van der Waals surface area (Å²) in [6.45, 7) is 4.10. The molecule has 1 aromatic carbocycles. The molecule has 1 aliphatic rings. The van der Waals surface area contributed by atoms with E-state index in [2.05, 4.69) is 29.7 Å². The molecule has 0 fully saturated rings. The van der Waals surface area contributed by atoms with E-state index in [1.165, 1.54) is 5.56 Å². The number of nitrogens with one attached hydrogen (secondary N) is 2. The third-order valence-electron chi connectivity index (χ3n) is 3.65. The lowest BCUT2D eigenvalue weighted by Gasteiger charge is -2.12. The highest BCUT2D eigenvalue weighted by atomic mass is 16.3. The summed E-state index contributed by atoms with van der Waals surface area (Å²) in [6, 6.07) is 6.16. The predicted molar refractivity (Wildman–Crippen MR) is 76.2 cm³/mol. The minimum atomic E-state index is 0.0824. The van der Waals surface area contributed by atoms with Gasteiger partial charge in [-0.05, 0) is 42.5 Å². The Bertz CT molecular complexity index is 442. The van der Waals surface area contributed by atoms with E-state index in [9.17, 15) is 4.79 Å². The Labute approximate surface area is 114 Å². The number of carbonyl (C=O) groups is 1. The van der Waals surface area contributed by atoms with Gasteiger partial charge in [0, 0.05) is 18.8 Å². The fraction of sp³-hybridized carbons (Fsp3) is 0.533. The molecule has 104 valence electrons. The molecule has 1 atom stereocenters. The molecule has 1 aromatic rings. The number of rotatable bonds is 7. The van der Waals surface area contributed by atoms with Gasteiger partial charge >= 0.3 is 0 Å².